The smallest absolute Gasteiger partial charge is 0.323 e. The van der Waals surface area contributed by atoms with Crippen LogP contribution in [0, 0.1) is 0 Å². The Bertz CT molecular complexity index is 1650. The number of aromatic nitrogens is 3. The van der Waals surface area contributed by atoms with E-state index in [2.05, 4.69) is 26.0 Å². The third-order valence-corrected chi connectivity index (χ3v) is 7.49. The quantitative estimate of drug-likeness (QED) is 0.223. The van der Waals surface area contributed by atoms with Gasteiger partial charge in [0.25, 0.3) is 11.5 Å². The molecule has 2 aromatic carbocycles. The van der Waals surface area contributed by atoms with Gasteiger partial charge < -0.3 is 16.0 Å². The summed E-state index contributed by atoms with van der Waals surface area (Å²) < 4.78 is 1.28. The molecule has 0 saturated heterocycles. The summed E-state index contributed by atoms with van der Waals surface area (Å²) in [6.07, 6.45) is 7.03. The highest BCUT2D eigenvalue weighted by Crippen LogP contribution is 2.29. The van der Waals surface area contributed by atoms with Crippen molar-refractivity contribution in [1.29, 1.82) is 0 Å². The lowest BCUT2D eigenvalue weighted by Gasteiger charge is -2.14. The molecular weight excluding hydrogens is 563 g/mol. The number of nitrogens with one attached hydrogen (secondary N) is 3. The number of pyridine rings is 1. The van der Waals surface area contributed by atoms with E-state index in [0.29, 0.717) is 17.8 Å². The van der Waals surface area contributed by atoms with Crippen molar-refractivity contribution < 1.29 is 9.59 Å². The molecule has 3 amide bonds. The zero-order valence-corrected chi connectivity index (χ0v) is 23.8. The lowest BCUT2D eigenvalue weighted by Crippen LogP contribution is -2.32. The number of carbonyl (C=O) groups is 2. The Labute approximate surface area is 246 Å². The van der Waals surface area contributed by atoms with Crippen LogP contribution < -0.4 is 21.5 Å². The Morgan fingerprint density at radius 2 is 1.59 bits per heavy atom. The van der Waals surface area contributed by atoms with E-state index < -0.39 is 11.6 Å². The third-order valence-electron chi connectivity index (χ3n) is 6.92. The van der Waals surface area contributed by atoms with Crippen LogP contribution in [0.3, 0.4) is 0 Å². The molecule has 0 aliphatic heterocycles. The fourth-order valence-corrected chi connectivity index (χ4v) is 5.28. The second-order valence-corrected chi connectivity index (χ2v) is 10.6. The minimum absolute atomic E-state index is 0.0339. The Hall–Kier alpha value is -4.21. The van der Waals surface area contributed by atoms with Crippen LogP contribution in [0.5, 0.6) is 0 Å². The zero-order valence-electron chi connectivity index (χ0n) is 22.3. The molecule has 210 valence electrons. The summed E-state index contributed by atoms with van der Waals surface area (Å²) in [6, 6.07) is 16.2. The molecule has 2 heterocycles. The van der Waals surface area contributed by atoms with Gasteiger partial charge in [-0.1, -0.05) is 66.4 Å². The van der Waals surface area contributed by atoms with Crippen molar-refractivity contribution in [3.8, 4) is 22.4 Å². The van der Waals surface area contributed by atoms with E-state index in [1.54, 1.807) is 6.92 Å². The summed E-state index contributed by atoms with van der Waals surface area (Å²) in [5.41, 5.74) is 3.32. The highest BCUT2D eigenvalue weighted by Gasteiger charge is 2.19. The van der Waals surface area contributed by atoms with E-state index in [1.807, 2.05) is 48.5 Å². The molecule has 5 rings (SSSR count). The Balaban J connectivity index is 1.41. The van der Waals surface area contributed by atoms with Gasteiger partial charge in [0, 0.05) is 36.1 Å². The molecule has 1 fully saturated rings. The summed E-state index contributed by atoms with van der Waals surface area (Å²) in [5.74, 6) is -0.0741. The van der Waals surface area contributed by atoms with Gasteiger partial charge in [0.05, 0.1) is 21.4 Å². The molecule has 2 aromatic heterocycles. The van der Waals surface area contributed by atoms with Crippen LogP contribution in [0.25, 0.3) is 22.4 Å². The van der Waals surface area contributed by atoms with Crippen LogP contribution in [0.15, 0.2) is 71.8 Å². The Kier molecular flexibility index (Phi) is 8.66. The van der Waals surface area contributed by atoms with Crippen molar-refractivity contribution in [3.05, 3.63) is 93.0 Å². The molecule has 1 aliphatic carbocycles. The second-order valence-electron chi connectivity index (χ2n) is 9.74. The first-order valence-electron chi connectivity index (χ1n) is 13.3. The van der Waals surface area contributed by atoms with Gasteiger partial charge >= 0.3 is 6.03 Å². The topological polar surface area (TPSA) is 118 Å². The van der Waals surface area contributed by atoms with E-state index >= 15 is 0 Å². The number of hydrogen-bond donors (Lipinski definition) is 3. The molecule has 3 N–H and O–H groups in total. The normalized spacial score (nSPS) is 13.1. The summed E-state index contributed by atoms with van der Waals surface area (Å²) in [4.78, 5) is 42.4. The number of rotatable bonds is 7. The summed E-state index contributed by atoms with van der Waals surface area (Å²) >= 11 is 12.2. The number of amides is 3. The molecule has 0 atom stereocenters. The fraction of sp³-hybridized carbons (Fsp3) is 0.233. The van der Waals surface area contributed by atoms with Gasteiger partial charge in [0.1, 0.15) is 5.69 Å². The van der Waals surface area contributed by atoms with Crippen LogP contribution in [0.2, 0.25) is 10.0 Å². The number of urea groups is 1. The van der Waals surface area contributed by atoms with Crippen LogP contribution in [0.1, 0.15) is 43.0 Å². The number of nitrogens with zero attached hydrogens (tertiary/aromatic N) is 3. The molecule has 4 aromatic rings. The maximum absolute atomic E-state index is 13.0. The molecular formula is C30H28Cl2N6O3. The van der Waals surface area contributed by atoms with E-state index in [9.17, 15) is 14.4 Å². The lowest BCUT2D eigenvalue weighted by atomic mass is 9.99. The summed E-state index contributed by atoms with van der Waals surface area (Å²) in [6.45, 7) is 2.08. The van der Waals surface area contributed by atoms with Gasteiger partial charge in [-0.05, 0) is 55.2 Å². The number of anilines is 2. The first kappa shape index (κ1) is 28.3. The van der Waals surface area contributed by atoms with Crippen LogP contribution in [-0.2, 0) is 6.54 Å². The van der Waals surface area contributed by atoms with E-state index in [1.165, 1.54) is 23.1 Å². The largest absolute Gasteiger partial charge is 0.349 e. The summed E-state index contributed by atoms with van der Waals surface area (Å²) in [7, 11) is 0. The van der Waals surface area contributed by atoms with Crippen LogP contribution in [-0.4, -0.2) is 32.7 Å². The summed E-state index contributed by atoms with van der Waals surface area (Å²) in [5, 5.41) is 13.1. The maximum atomic E-state index is 13.0. The first-order chi connectivity index (χ1) is 19.8. The Morgan fingerprint density at radius 1 is 0.927 bits per heavy atom. The van der Waals surface area contributed by atoms with Crippen molar-refractivity contribution >= 4 is 46.5 Å². The molecule has 0 radical (unpaired) electrons. The van der Waals surface area contributed by atoms with E-state index in [-0.39, 0.29) is 33.4 Å². The SMILES string of the molecule is CCn1nc(-c2cccc(-c3cccc(C(=O)NC4CCCC4)c3)c2)cc(NC(=O)Nc2c(Cl)cncc2Cl)c1=O. The average Bonchev–Trinajstić information content (AvgIpc) is 3.49. The van der Waals surface area contributed by atoms with Crippen LogP contribution >= 0.6 is 23.2 Å². The monoisotopic (exact) mass is 590 g/mol. The molecule has 11 heteroatoms. The van der Waals surface area contributed by atoms with Crippen molar-refractivity contribution in [2.24, 2.45) is 0 Å². The van der Waals surface area contributed by atoms with Crippen molar-refractivity contribution in [2.45, 2.75) is 45.2 Å². The van der Waals surface area contributed by atoms with E-state index in [4.69, 9.17) is 23.2 Å². The molecule has 0 bridgehead atoms. The molecule has 1 saturated carbocycles. The second kappa shape index (κ2) is 12.5. The molecule has 1 aliphatic rings. The number of aryl methyl sites for hydroxylation is 1. The predicted molar refractivity (Wildman–Crippen MR) is 162 cm³/mol. The maximum Gasteiger partial charge on any atom is 0.323 e. The minimum Gasteiger partial charge on any atom is -0.349 e. The molecule has 0 spiro atoms. The predicted octanol–water partition coefficient (Wildman–Crippen LogP) is 6.62. The standard InChI is InChI=1S/C30H28Cl2N6O3/c1-2-38-29(40)26(35-30(41)36-27-23(31)16-33-17-24(27)32)15-25(37-38)20-9-5-7-18(13-20)19-8-6-10-21(14-19)28(39)34-22-11-3-4-12-22/h5-10,13-17,22H,2-4,11-12H2,1H3,(H,34,39)(H2,33,35,36,41). The molecule has 41 heavy (non-hydrogen) atoms. The minimum atomic E-state index is -0.696. The van der Waals surface area contributed by atoms with Crippen molar-refractivity contribution in [1.82, 2.24) is 20.1 Å². The highest BCUT2D eigenvalue weighted by molar-refractivity contribution is 6.39. The van der Waals surface area contributed by atoms with Crippen LogP contribution in [0.4, 0.5) is 16.2 Å². The average molecular weight is 591 g/mol. The van der Waals surface area contributed by atoms with Crippen molar-refractivity contribution in [3.63, 3.8) is 0 Å². The first-order valence-corrected chi connectivity index (χ1v) is 14.1. The number of halogens is 2. The Morgan fingerprint density at radius 3 is 2.29 bits per heavy atom. The number of carbonyl (C=O) groups excluding carboxylic acids is 2. The van der Waals surface area contributed by atoms with Crippen molar-refractivity contribution in [2.75, 3.05) is 10.6 Å². The molecule has 0 unspecified atom stereocenters. The fourth-order valence-electron chi connectivity index (χ4n) is 4.82. The highest BCUT2D eigenvalue weighted by atomic mass is 35.5. The van der Waals surface area contributed by atoms with Gasteiger partial charge in [-0.2, -0.15) is 5.10 Å². The van der Waals surface area contributed by atoms with Gasteiger partial charge in [-0.15, -0.1) is 0 Å². The number of benzene rings is 2. The van der Waals surface area contributed by atoms with Gasteiger partial charge in [-0.25, -0.2) is 9.48 Å². The van der Waals surface area contributed by atoms with E-state index in [0.717, 1.165) is 42.4 Å². The van der Waals surface area contributed by atoms with Gasteiger partial charge in [0.2, 0.25) is 0 Å². The van der Waals surface area contributed by atoms with Gasteiger partial charge in [0.15, 0.2) is 0 Å². The third kappa shape index (κ3) is 6.58. The van der Waals surface area contributed by atoms with Gasteiger partial charge in [-0.3, -0.25) is 14.6 Å². The molecule has 9 nitrogen and oxygen atoms in total. The number of hydrogen-bond acceptors (Lipinski definition) is 5. The zero-order chi connectivity index (χ0) is 28.9. The lowest BCUT2D eigenvalue weighted by molar-refractivity contribution is 0.0938.